The van der Waals surface area contributed by atoms with Crippen LogP contribution in [0.2, 0.25) is 5.02 Å². The van der Waals surface area contributed by atoms with Gasteiger partial charge in [0.1, 0.15) is 0 Å². The van der Waals surface area contributed by atoms with Crippen LogP contribution in [0, 0.1) is 0 Å². The summed E-state index contributed by atoms with van der Waals surface area (Å²) >= 11 is 6.05. The number of nitrogens with zero attached hydrogens (tertiary/aromatic N) is 2. The maximum atomic E-state index is 6.05. The maximum Gasteiger partial charge on any atom is 0.0834 e. The summed E-state index contributed by atoms with van der Waals surface area (Å²) in [7, 11) is 3.77. The van der Waals surface area contributed by atoms with Crippen molar-refractivity contribution in [3.05, 3.63) is 16.9 Å². The van der Waals surface area contributed by atoms with Gasteiger partial charge < -0.3 is 10.1 Å². The van der Waals surface area contributed by atoms with Gasteiger partial charge in [0.2, 0.25) is 0 Å². The van der Waals surface area contributed by atoms with Gasteiger partial charge in [0, 0.05) is 13.7 Å². The predicted octanol–water partition coefficient (Wildman–Crippen LogP) is 1.76. The van der Waals surface area contributed by atoms with Crippen molar-refractivity contribution in [2.75, 3.05) is 20.3 Å². The van der Waals surface area contributed by atoms with Crippen molar-refractivity contribution in [1.29, 1.82) is 0 Å². The van der Waals surface area contributed by atoms with E-state index in [1.165, 1.54) is 0 Å². The lowest BCUT2D eigenvalue weighted by Crippen LogP contribution is -2.24. The summed E-state index contributed by atoms with van der Waals surface area (Å²) in [4.78, 5) is 0. The van der Waals surface area contributed by atoms with Crippen molar-refractivity contribution in [3.8, 4) is 0 Å². The SMILES string of the molecule is CCCOCC(NC)c1c(Cl)cnn1C. The van der Waals surface area contributed by atoms with E-state index in [1.54, 1.807) is 10.9 Å². The van der Waals surface area contributed by atoms with Crippen LogP contribution in [0.15, 0.2) is 6.20 Å². The highest BCUT2D eigenvalue weighted by molar-refractivity contribution is 6.31. The minimum Gasteiger partial charge on any atom is -0.379 e. The van der Waals surface area contributed by atoms with Crippen LogP contribution in [0.3, 0.4) is 0 Å². The van der Waals surface area contributed by atoms with Gasteiger partial charge in [-0.1, -0.05) is 18.5 Å². The molecule has 5 heteroatoms. The second-order valence-electron chi connectivity index (χ2n) is 3.42. The topological polar surface area (TPSA) is 39.1 Å². The highest BCUT2D eigenvalue weighted by Crippen LogP contribution is 2.21. The van der Waals surface area contributed by atoms with Gasteiger partial charge >= 0.3 is 0 Å². The third kappa shape index (κ3) is 3.19. The first-order valence-corrected chi connectivity index (χ1v) is 5.50. The van der Waals surface area contributed by atoms with Gasteiger partial charge in [0.25, 0.3) is 0 Å². The van der Waals surface area contributed by atoms with Crippen molar-refractivity contribution in [2.45, 2.75) is 19.4 Å². The second-order valence-corrected chi connectivity index (χ2v) is 3.82. The molecular formula is C10H18ClN3O. The molecule has 4 nitrogen and oxygen atoms in total. The Morgan fingerprint density at radius 2 is 2.40 bits per heavy atom. The highest BCUT2D eigenvalue weighted by atomic mass is 35.5. The standard InChI is InChI=1S/C10H18ClN3O/c1-4-5-15-7-9(12-2)10-8(11)6-13-14(10)3/h6,9,12H,4-5,7H2,1-3H3. The van der Waals surface area contributed by atoms with E-state index in [0.717, 1.165) is 18.7 Å². The normalized spacial score (nSPS) is 13.1. The lowest BCUT2D eigenvalue weighted by molar-refractivity contribution is 0.112. The average Bonchev–Trinajstić information content (AvgIpc) is 2.55. The molecule has 1 unspecified atom stereocenters. The molecule has 1 rings (SSSR count). The summed E-state index contributed by atoms with van der Waals surface area (Å²) < 4.78 is 7.28. The number of likely N-dealkylation sites (N-methyl/N-ethyl adjacent to an activating group) is 1. The average molecular weight is 232 g/mol. The molecule has 86 valence electrons. The van der Waals surface area contributed by atoms with Crippen molar-refractivity contribution in [1.82, 2.24) is 15.1 Å². The smallest absolute Gasteiger partial charge is 0.0834 e. The Morgan fingerprint density at radius 1 is 1.67 bits per heavy atom. The summed E-state index contributed by atoms with van der Waals surface area (Å²) in [5.74, 6) is 0. The van der Waals surface area contributed by atoms with Gasteiger partial charge in [-0.05, 0) is 13.5 Å². The fraction of sp³-hybridized carbons (Fsp3) is 0.700. The van der Waals surface area contributed by atoms with Gasteiger partial charge in [-0.15, -0.1) is 0 Å². The molecule has 1 aromatic heterocycles. The molecule has 0 aliphatic carbocycles. The van der Waals surface area contributed by atoms with Gasteiger partial charge in [0.15, 0.2) is 0 Å². The number of hydrogen-bond acceptors (Lipinski definition) is 3. The Labute approximate surface area is 95.6 Å². The quantitative estimate of drug-likeness (QED) is 0.759. The third-order valence-electron chi connectivity index (χ3n) is 2.25. The minimum atomic E-state index is 0.0940. The van der Waals surface area contributed by atoms with E-state index < -0.39 is 0 Å². The molecule has 0 fully saturated rings. The molecule has 1 heterocycles. The van der Waals surface area contributed by atoms with Gasteiger partial charge in [-0.25, -0.2) is 0 Å². The summed E-state index contributed by atoms with van der Waals surface area (Å²) in [6.45, 7) is 3.47. The molecule has 1 N–H and O–H groups in total. The molecule has 0 aliphatic heterocycles. The first-order valence-electron chi connectivity index (χ1n) is 5.13. The predicted molar refractivity (Wildman–Crippen MR) is 61.1 cm³/mol. The van der Waals surface area contributed by atoms with Crippen molar-refractivity contribution in [3.63, 3.8) is 0 Å². The van der Waals surface area contributed by atoms with E-state index in [9.17, 15) is 0 Å². The molecular weight excluding hydrogens is 214 g/mol. The lowest BCUT2D eigenvalue weighted by Gasteiger charge is -2.17. The molecule has 0 saturated carbocycles. The summed E-state index contributed by atoms with van der Waals surface area (Å²) in [5.41, 5.74) is 0.968. The molecule has 0 amide bonds. The van der Waals surface area contributed by atoms with Crippen LogP contribution in [-0.2, 0) is 11.8 Å². The monoisotopic (exact) mass is 231 g/mol. The van der Waals surface area contributed by atoms with E-state index in [1.807, 2.05) is 14.1 Å². The van der Waals surface area contributed by atoms with E-state index in [-0.39, 0.29) is 6.04 Å². The van der Waals surface area contributed by atoms with E-state index in [2.05, 4.69) is 17.3 Å². The number of halogens is 1. The largest absolute Gasteiger partial charge is 0.379 e. The number of hydrogen-bond donors (Lipinski definition) is 1. The molecule has 0 aliphatic rings. The van der Waals surface area contributed by atoms with Crippen LogP contribution in [0.1, 0.15) is 25.1 Å². The first kappa shape index (κ1) is 12.5. The molecule has 1 aromatic rings. The number of rotatable bonds is 6. The molecule has 0 saturated heterocycles. The molecule has 1 atom stereocenters. The highest BCUT2D eigenvalue weighted by Gasteiger charge is 2.17. The second kappa shape index (κ2) is 6.10. The number of ether oxygens (including phenoxy) is 1. The molecule has 0 radical (unpaired) electrons. The Morgan fingerprint density at radius 3 is 2.87 bits per heavy atom. The Balaban J connectivity index is 2.65. The van der Waals surface area contributed by atoms with Gasteiger partial charge in [-0.2, -0.15) is 5.10 Å². The zero-order chi connectivity index (χ0) is 11.3. The Kier molecular flexibility index (Phi) is 5.08. The number of aromatic nitrogens is 2. The Bertz CT molecular complexity index is 281. The van der Waals surface area contributed by atoms with E-state index in [0.29, 0.717) is 11.6 Å². The molecule has 15 heavy (non-hydrogen) atoms. The van der Waals surface area contributed by atoms with Crippen LogP contribution in [0.5, 0.6) is 0 Å². The zero-order valence-corrected chi connectivity index (χ0v) is 10.2. The molecule has 0 aromatic carbocycles. The fourth-order valence-electron chi connectivity index (χ4n) is 1.46. The maximum absolute atomic E-state index is 6.05. The number of nitrogens with one attached hydrogen (secondary N) is 1. The minimum absolute atomic E-state index is 0.0940. The van der Waals surface area contributed by atoms with Crippen LogP contribution < -0.4 is 5.32 Å². The number of aryl methyl sites for hydroxylation is 1. The van der Waals surface area contributed by atoms with Gasteiger partial charge in [0.05, 0.1) is 29.6 Å². The third-order valence-corrected chi connectivity index (χ3v) is 2.54. The van der Waals surface area contributed by atoms with Crippen LogP contribution in [0.25, 0.3) is 0 Å². The fourth-order valence-corrected chi connectivity index (χ4v) is 1.75. The lowest BCUT2D eigenvalue weighted by atomic mass is 10.2. The molecule has 0 spiro atoms. The van der Waals surface area contributed by atoms with Crippen LogP contribution in [-0.4, -0.2) is 30.0 Å². The van der Waals surface area contributed by atoms with Crippen LogP contribution >= 0.6 is 11.6 Å². The first-order chi connectivity index (χ1) is 7.20. The van der Waals surface area contributed by atoms with Crippen LogP contribution in [0.4, 0.5) is 0 Å². The van der Waals surface area contributed by atoms with Gasteiger partial charge in [-0.3, -0.25) is 4.68 Å². The molecule has 0 bridgehead atoms. The summed E-state index contributed by atoms with van der Waals surface area (Å²) in [5, 5.41) is 7.95. The van der Waals surface area contributed by atoms with E-state index >= 15 is 0 Å². The van der Waals surface area contributed by atoms with Crippen molar-refractivity contribution < 1.29 is 4.74 Å². The Hall–Kier alpha value is -0.580. The van der Waals surface area contributed by atoms with E-state index in [4.69, 9.17) is 16.3 Å². The summed E-state index contributed by atoms with van der Waals surface area (Å²) in [6, 6.07) is 0.0940. The van der Waals surface area contributed by atoms with Crippen molar-refractivity contribution >= 4 is 11.6 Å². The summed E-state index contributed by atoms with van der Waals surface area (Å²) in [6.07, 6.45) is 2.68. The van der Waals surface area contributed by atoms with Crippen molar-refractivity contribution in [2.24, 2.45) is 7.05 Å². The zero-order valence-electron chi connectivity index (χ0n) is 9.46.